The van der Waals surface area contributed by atoms with Crippen LogP contribution in [-0.4, -0.2) is 17.0 Å². The van der Waals surface area contributed by atoms with Gasteiger partial charge in [-0.15, -0.1) is 0 Å². The van der Waals surface area contributed by atoms with Crippen LogP contribution >= 0.6 is 22.6 Å². The predicted octanol–water partition coefficient (Wildman–Crippen LogP) is 2.63. The fourth-order valence-electron chi connectivity index (χ4n) is 1.91. The number of nitrogens with two attached hydrogens (primary N) is 1. The molecule has 18 heavy (non-hydrogen) atoms. The molecular weight excluding hydrogens is 352 g/mol. The number of rotatable bonds is 4. The molecule has 7 heteroatoms. The molecule has 0 saturated heterocycles. The second kappa shape index (κ2) is 4.96. The molecule has 1 saturated carbocycles. The Morgan fingerprint density at radius 3 is 2.72 bits per heavy atom. The minimum atomic E-state index is -0.520. The molecule has 1 aromatic carbocycles. The van der Waals surface area contributed by atoms with Gasteiger partial charge in [-0.3, -0.25) is 10.1 Å². The van der Waals surface area contributed by atoms with Crippen LogP contribution in [0, 0.1) is 19.5 Å². The van der Waals surface area contributed by atoms with E-state index in [0.29, 0.717) is 6.54 Å². The fraction of sp³-hybridized carbons (Fsp3) is 0.455. The van der Waals surface area contributed by atoms with Crippen molar-refractivity contribution < 1.29 is 9.31 Å². The van der Waals surface area contributed by atoms with E-state index in [1.807, 2.05) is 0 Å². The van der Waals surface area contributed by atoms with Crippen LogP contribution in [0.25, 0.3) is 0 Å². The highest BCUT2D eigenvalue weighted by Crippen LogP contribution is 2.32. The maximum absolute atomic E-state index is 13.4. The van der Waals surface area contributed by atoms with Crippen molar-refractivity contribution in [3.8, 4) is 0 Å². The molecule has 1 aliphatic rings. The highest BCUT2D eigenvalue weighted by molar-refractivity contribution is 14.1. The van der Waals surface area contributed by atoms with Gasteiger partial charge in [-0.2, -0.15) is 0 Å². The summed E-state index contributed by atoms with van der Waals surface area (Å²) in [5, 5.41) is 13.8. The first kappa shape index (κ1) is 13.5. The first-order valence-electron chi connectivity index (χ1n) is 5.57. The molecule has 0 aromatic heterocycles. The number of nitro benzene ring substituents is 1. The number of nitrogens with zero attached hydrogens (tertiary/aromatic N) is 1. The van der Waals surface area contributed by atoms with Gasteiger partial charge in [-0.05, 0) is 41.9 Å². The number of hydrogen-bond donors (Lipinski definition) is 2. The lowest BCUT2D eigenvalue weighted by atomic mass is 9.78. The van der Waals surface area contributed by atoms with Crippen molar-refractivity contribution in [1.82, 2.24) is 0 Å². The summed E-state index contributed by atoms with van der Waals surface area (Å²) in [6.07, 6.45) is 2.85. The van der Waals surface area contributed by atoms with Crippen molar-refractivity contribution in [3.05, 3.63) is 31.6 Å². The van der Waals surface area contributed by atoms with E-state index in [-0.39, 0.29) is 20.5 Å². The molecule has 0 amide bonds. The number of nitrogens with one attached hydrogen (secondary N) is 1. The van der Waals surface area contributed by atoms with E-state index in [9.17, 15) is 14.5 Å². The van der Waals surface area contributed by atoms with E-state index in [0.717, 1.165) is 25.3 Å². The third kappa shape index (κ3) is 2.72. The molecule has 0 bridgehead atoms. The quantitative estimate of drug-likeness (QED) is 0.488. The van der Waals surface area contributed by atoms with E-state index in [1.165, 1.54) is 6.07 Å². The molecule has 0 radical (unpaired) electrons. The Bertz CT molecular complexity index is 491. The Labute approximate surface area is 117 Å². The van der Waals surface area contributed by atoms with Gasteiger partial charge in [0.1, 0.15) is 11.5 Å². The maximum atomic E-state index is 13.4. The zero-order valence-electron chi connectivity index (χ0n) is 9.58. The summed E-state index contributed by atoms with van der Waals surface area (Å²) in [7, 11) is 0. The average molecular weight is 365 g/mol. The van der Waals surface area contributed by atoms with Crippen molar-refractivity contribution in [2.75, 3.05) is 11.9 Å². The Balaban J connectivity index is 2.20. The molecule has 0 heterocycles. The molecular formula is C11H13FIN3O2. The smallest absolute Gasteiger partial charge is 0.293 e. The number of nitro groups is 1. The molecule has 1 aromatic rings. The van der Waals surface area contributed by atoms with Crippen molar-refractivity contribution in [1.29, 1.82) is 0 Å². The summed E-state index contributed by atoms with van der Waals surface area (Å²) < 4.78 is 13.7. The summed E-state index contributed by atoms with van der Waals surface area (Å²) in [6.45, 7) is 0.424. The summed E-state index contributed by atoms with van der Waals surface area (Å²) in [4.78, 5) is 10.4. The van der Waals surface area contributed by atoms with Crippen LogP contribution in [0.1, 0.15) is 19.3 Å². The van der Waals surface area contributed by atoms with Gasteiger partial charge >= 0.3 is 0 Å². The summed E-state index contributed by atoms with van der Waals surface area (Å²) in [6, 6.07) is 2.38. The van der Waals surface area contributed by atoms with Gasteiger partial charge in [0, 0.05) is 24.2 Å². The minimum Gasteiger partial charge on any atom is -0.378 e. The molecule has 1 aliphatic carbocycles. The van der Waals surface area contributed by atoms with E-state index < -0.39 is 10.7 Å². The maximum Gasteiger partial charge on any atom is 0.293 e. The molecule has 0 unspecified atom stereocenters. The molecule has 3 N–H and O–H groups in total. The second-order valence-corrected chi connectivity index (χ2v) is 5.77. The van der Waals surface area contributed by atoms with Crippen LogP contribution in [0.4, 0.5) is 15.8 Å². The van der Waals surface area contributed by atoms with Crippen LogP contribution in [-0.2, 0) is 0 Å². The van der Waals surface area contributed by atoms with Gasteiger partial charge in [0.25, 0.3) is 5.69 Å². The first-order chi connectivity index (χ1) is 8.41. The molecule has 0 spiro atoms. The standard InChI is InChI=1S/C11H13FIN3O2/c12-7-4-9(10(16(17)18)5-8(7)13)15-6-11(14)2-1-3-11/h4-5,15H,1-3,6,14H2. The van der Waals surface area contributed by atoms with Crippen molar-refractivity contribution >= 4 is 34.0 Å². The number of anilines is 1. The third-order valence-electron chi connectivity index (χ3n) is 3.22. The largest absolute Gasteiger partial charge is 0.378 e. The Hall–Kier alpha value is -0.960. The molecule has 0 aliphatic heterocycles. The first-order valence-corrected chi connectivity index (χ1v) is 6.65. The van der Waals surface area contributed by atoms with Crippen LogP contribution < -0.4 is 11.1 Å². The Kier molecular flexibility index (Phi) is 3.71. The van der Waals surface area contributed by atoms with Crippen LogP contribution in [0.3, 0.4) is 0 Å². The lowest BCUT2D eigenvalue weighted by Crippen LogP contribution is -2.52. The highest BCUT2D eigenvalue weighted by atomic mass is 127. The number of hydrogen-bond acceptors (Lipinski definition) is 4. The van der Waals surface area contributed by atoms with Crippen molar-refractivity contribution in [3.63, 3.8) is 0 Å². The lowest BCUT2D eigenvalue weighted by Gasteiger charge is -2.38. The van der Waals surface area contributed by atoms with Gasteiger partial charge in [0.15, 0.2) is 0 Å². The summed E-state index contributed by atoms with van der Waals surface area (Å²) in [5.41, 5.74) is 5.77. The molecule has 1 fully saturated rings. The molecule has 98 valence electrons. The van der Waals surface area contributed by atoms with E-state index in [2.05, 4.69) is 5.32 Å². The zero-order chi connectivity index (χ0) is 13.3. The monoisotopic (exact) mass is 365 g/mol. The van der Waals surface area contributed by atoms with E-state index in [4.69, 9.17) is 5.73 Å². The fourth-order valence-corrected chi connectivity index (χ4v) is 2.36. The van der Waals surface area contributed by atoms with Gasteiger partial charge < -0.3 is 11.1 Å². The Morgan fingerprint density at radius 1 is 1.56 bits per heavy atom. The third-order valence-corrected chi connectivity index (χ3v) is 4.04. The van der Waals surface area contributed by atoms with Gasteiger partial charge in [0.2, 0.25) is 0 Å². The van der Waals surface area contributed by atoms with E-state index >= 15 is 0 Å². The SMILES string of the molecule is NC1(CNc2cc(F)c(I)cc2[N+](=O)[O-])CCC1. The van der Waals surface area contributed by atoms with E-state index in [1.54, 1.807) is 22.6 Å². The molecule has 5 nitrogen and oxygen atoms in total. The lowest BCUT2D eigenvalue weighted by molar-refractivity contribution is -0.384. The number of halogens is 2. The van der Waals surface area contributed by atoms with Gasteiger partial charge in [-0.25, -0.2) is 4.39 Å². The Morgan fingerprint density at radius 2 is 2.22 bits per heavy atom. The second-order valence-electron chi connectivity index (χ2n) is 4.61. The van der Waals surface area contributed by atoms with Crippen LogP contribution in [0.5, 0.6) is 0 Å². The van der Waals surface area contributed by atoms with Crippen LogP contribution in [0.2, 0.25) is 0 Å². The zero-order valence-corrected chi connectivity index (χ0v) is 11.7. The average Bonchev–Trinajstić information content (AvgIpc) is 2.27. The molecule has 0 atom stereocenters. The van der Waals surface area contributed by atoms with Gasteiger partial charge in [-0.1, -0.05) is 0 Å². The minimum absolute atomic E-state index is 0.122. The topological polar surface area (TPSA) is 81.2 Å². The van der Waals surface area contributed by atoms with Gasteiger partial charge in [0.05, 0.1) is 8.49 Å². The normalized spacial score (nSPS) is 17.1. The van der Waals surface area contributed by atoms with Crippen molar-refractivity contribution in [2.24, 2.45) is 5.73 Å². The van der Waals surface area contributed by atoms with Crippen molar-refractivity contribution in [2.45, 2.75) is 24.8 Å². The predicted molar refractivity (Wildman–Crippen MR) is 75.0 cm³/mol. The van der Waals surface area contributed by atoms with Crippen LogP contribution in [0.15, 0.2) is 12.1 Å². The molecule has 2 rings (SSSR count). The number of benzene rings is 1. The highest BCUT2D eigenvalue weighted by Gasteiger charge is 2.32. The summed E-state index contributed by atoms with van der Waals surface area (Å²) >= 11 is 1.73. The summed E-state index contributed by atoms with van der Waals surface area (Å²) in [5.74, 6) is -0.469.